The Morgan fingerprint density at radius 3 is 2.13 bits per heavy atom. The summed E-state index contributed by atoms with van der Waals surface area (Å²) < 4.78 is 57.9. The van der Waals surface area contributed by atoms with Gasteiger partial charge in [-0.1, -0.05) is 54.1 Å². The number of aryl methyl sites for hydroxylation is 1. The normalized spacial score (nSPS) is 16.6. The summed E-state index contributed by atoms with van der Waals surface area (Å²) in [6.45, 7) is 1.89. The highest BCUT2D eigenvalue weighted by atomic mass is 32.2. The molecular weight excluding hydrogens is 504 g/mol. The number of hydrogen-bond acceptors (Lipinski definition) is 4. The highest BCUT2D eigenvalue weighted by Crippen LogP contribution is 2.44. The van der Waals surface area contributed by atoms with Crippen LogP contribution < -0.4 is 5.32 Å². The zero-order valence-electron chi connectivity index (χ0n) is 20.9. The number of anilines is 1. The molecule has 3 aromatic carbocycles. The zero-order chi connectivity index (χ0) is 26.5. The second kappa shape index (κ2) is 9.20. The number of benzene rings is 3. The summed E-state index contributed by atoms with van der Waals surface area (Å²) in [7, 11) is -4.05. The lowest BCUT2D eigenvalue weighted by Gasteiger charge is -2.35. The van der Waals surface area contributed by atoms with E-state index in [2.05, 4.69) is 10.4 Å². The second-order valence-corrected chi connectivity index (χ2v) is 11.9. The van der Waals surface area contributed by atoms with Crippen molar-refractivity contribution < 1.29 is 17.2 Å². The van der Waals surface area contributed by atoms with Gasteiger partial charge in [0.15, 0.2) is 5.82 Å². The molecule has 194 valence electrons. The van der Waals surface area contributed by atoms with E-state index in [1.807, 2.05) is 19.1 Å². The van der Waals surface area contributed by atoms with E-state index in [-0.39, 0.29) is 17.4 Å². The summed E-state index contributed by atoms with van der Waals surface area (Å²) >= 11 is 0. The van der Waals surface area contributed by atoms with Crippen LogP contribution in [-0.2, 0) is 21.9 Å². The Kier molecular flexibility index (Phi) is 5.94. The summed E-state index contributed by atoms with van der Waals surface area (Å²) in [4.78, 5) is 0.125. The highest BCUT2D eigenvalue weighted by molar-refractivity contribution is 7.89. The Labute approximate surface area is 220 Å². The van der Waals surface area contributed by atoms with Gasteiger partial charge in [0.25, 0.3) is 10.0 Å². The molecule has 0 aliphatic heterocycles. The van der Waals surface area contributed by atoms with E-state index < -0.39 is 27.1 Å². The summed E-state index contributed by atoms with van der Waals surface area (Å²) in [6, 6.07) is 19.2. The molecule has 1 heterocycles. The fourth-order valence-electron chi connectivity index (χ4n) is 5.29. The number of rotatable bonds is 6. The van der Waals surface area contributed by atoms with E-state index in [1.54, 1.807) is 48.5 Å². The first-order chi connectivity index (χ1) is 18.3. The fourth-order valence-corrected chi connectivity index (χ4v) is 6.61. The van der Waals surface area contributed by atoms with Crippen LogP contribution in [0.2, 0.25) is 0 Å². The molecule has 0 radical (unpaired) electrons. The van der Waals surface area contributed by atoms with Gasteiger partial charge in [-0.25, -0.2) is 8.78 Å². The summed E-state index contributed by atoms with van der Waals surface area (Å²) in [5, 5.41) is 8.01. The first-order valence-corrected chi connectivity index (χ1v) is 14.1. The van der Waals surface area contributed by atoms with Gasteiger partial charge >= 0.3 is 0 Å². The summed E-state index contributed by atoms with van der Waals surface area (Å²) in [5.41, 5.74) is 2.27. The Hall–Kier alpha value is -3.78. The third kappa shape index (κ3) is 4.13. The van der Waals surface area contributed by atoms with Gasteiger partial charge in [-0.05, 0) is 73.7 Å². The van der Waals surface area contributed by atoms with Crippen molar-refractivity contribution >= 4 is 21.9 Å². The molecule has 0 atom stereocenters. The van der Waals surface area contributed by atoms with Crippen molar-refractivity contribution in [1.29, 1.82) is 0 Å². The van der Waals surface area contributed by atoms with E-state index in [9.17, 15) is 17.2 Å². The number of nitrogens with zero attached hydrogens (tertiary/aromatic N) is 2. The number of allylic oxidation sites excluding steroid dienone is 1. The maximum Gasteiger partial charge on any atom is 0.283 e. The molecular formula is C30H27F2N3O2S. The van der Waals surface area contributed by atoms with E-state index in [4.69, 9.17) is 0 Å². The van der Waals surface area contributed by atoms with E-state index >= 15 is 0 Å². The molecule has 0 spiro atoms. The predicted octanol–water partition coefficient (Wildman–Crippen LogP) is 6.23. The Balaban J connectivity index is 1.56. The van der Waals surface area contributed by atoms with Gasteiger partial charge in [-0.2, -0.15) is 12.5 Å². The van der Waals surface area contributed by atoms with Crippen molar-refractivity contribution in [3.8, 4) is 0 Å². The fraction of sp³-hybridized carbons (Fsp3) is 0.233. The molecule has 6 rings (SSSR count). The van der Waals surface area contributed by atoms with Crippen LogP contribution in [0.25, 0.3) is 6.08 Å². The molecule has 5 nitrogen and oxygen atoms in total. The van der Waals surface area contributed by atoms with Crippen LogP contribution in [0.1, 0.15) is 47.2 Å². The third-order valence-electron chi connectivity index (χ3n) is 7.64. The Bertz CT molecular complexity index is 1610. The maximum absolute atomic E-state index is 14.5. The van der Waals surface area contributed by atoms with Crippen molar-refractivity contribution in [3.63, 3.8) is 0 Å². The van der Waals surface area contributed by atoms with Gasteiger partial charge in [0.1, 0.15) is 11.6 Å². The van der Waals surface area contributed by atoms with Gasteiger partial charge in [0.05, 0.1) is 10.6 Å². The van der Waals surface area contributed by atoms with Crippen LogP contribution in [0.4, 0.5) is 14.6 Å². The maximum atomic E-state index is 14.5. The standard InChI is InChI=1S/C30H27F2N3O2S/c1-20-11-13-26(14-12-20)38(36,37)35-28-19-30(21-5-2-7-23(31)17-21,22-6-3-8-24(32)18-22)16-15-27(28)29(34-35)33-25-9-4-10-25/h2-3,5-8,11-18,25H,4,9-10,19H2,1H3,(H,33,34). The van der Waals surface area contributed by atoms with E-state index in [0.29, 0.717) is 28.2 Å². The van der Waals surface area contributed by atoms with Crippen LogP contribution in [0.5, 0.6) is 0 Å². The van der Waals surface area contributed by atoms with Crippen molar-refractivity contribution in [3.05, 3.63) is 118 Å². The van der Waals surface area contributed by atoms with Crippen molar-refractivity contribution in [2.45, 2.75) is 49.0 Å². The molecule has 0 bridgehead atoms. The molecule has 0 amide bonds. The van der Waals surface area contributed by atoms with Gasteiger partial charge < -0.3 is 5.32 Å². The molecule has 4 aromatic rings. The number of aromatic nitrogens is 2. The molecule has 2 aliphatic rings. The van der Waals surface area contributed by atoms with Gasteiger partial charge in [-0.15, -0.1) is 5.10 Å². The molecule has 2 aliphatic carbocycles. The van der Waals surface area contributed by atoms with Crippen molar-refractivity contribution in [2.24, 2.45) is 0 Å². The second-order valence-electron chi connectivity index (χ2n) is 10.1. The van der Waals surface area contributed by atoms with Crippen LogP contribution in [0.15, 0.2) is 83.8 Å². The van der Waals surface area contributed by atoms with Crippen LogP contribution in [0.3, 0.4) is 0 Å². The van der Waals surface area contributed by atoms with Crippen LogP contribution in [-0.4, -0.2) is 23.6 Å². The molecule has 0 unspecified atom stereocenters. The molecule has 1 aromatic heterocycles. The third-order valence-corrected chi connectivity index (χ3v) is 9.27. The van der Waals surface area contributed by atoms with E-state index in [0.717, 1.165) is 28.9 Å². The Morgan fingerprint density at radius 2 is 1.58 bits per heavy atom. The van der Waals surface area contributed by atoms with Crippen molar-refractivity contribution in [2.75, 3.05) is 5.32 Å². The minimum Gasteiger partial charge on any atom is -0.365 e. The Morgan fingerprint density at radius 1 is 0.947 bits per heavy atom. The number of nitrogens with one attached hydrogen (secondary N) is 1. The van der Waals surface area contributed by atoms with Crippen LogP contribution in [0, 0.1) is 18.6 Å². The smallest absolute Gasteiger partial charge is 0.283 e. The average molecular weight is 532 g/mol. The van der Waals surface area contributed by atoms with Gasteiger partial charge in [0.2, 0.25) is 0 Å². The minimum atomic E-state index is -4.05. The largest absolute Gasteiger partial charge is 0.365 e. The number of halogens is 2. The molecule has 38 heavy (non-hydrogen) atoms. The quantitative estimate of drug-likeness (QED) is 0.321. The monoisotopic (exact) mass is 531 g/mol. The topological polar surface area (TPSA) is 64.0 Å². The van der Waals surface area contributed by atoms with Gasteiger partial charge in [0, 0.05) is 23.4 Å². The molecule has 1 saturated carbocycles. The SMILES string of the molecule is Cc1ccc(S(=O)(=O)n2nc(NC3CCC3)c3c2CC(c2cccc(F)c2)(c2cccc(F)c2)C=C3)cc1. The predicted molar refractivity (Wildman–Crippen MR) is 144 cm³/mol. The first-order valence-electron chi connectivity index (χ1n) is 12.7. The lowest BCUT2D eigenvalue weighted by molar-refractivity contribution is 0.444. The molecule has 1 N–H and O–H groups in total. The van der Waals surface area contributed by atoms with Gasteiger partial charge in [-0.3, -0.25) is 0 Å². The molecule has 8 heteroatoms. The first kappa shape index (κ1) is 24.6. The van der Waals surface area contributed by atoms with Crippen molar-refractivity contribution in [1.82, 2.24) is 9.19 Å². The minimum absolute atomic E-state index is 0.125. The average Bonchev–Trinajstić information content (AvgIpc) is 3.24. The van der Waals surface area contributed by atoms with E-state index in [1.165, 1.54) is 24.3 Å². The van der Waals surface area contributed by atoms with Crippen LogP contribution >= 0.6 is 0 Å². The zero-order valence-corrected chi connectivity index (χ0v) is 21.7. The lowest BCUT2D eigenvalue weighted by atomic mass is 9.68. The number of hydrogen-bond donors (Lipinski definition) is 1. The molecule has 0 saturated heterocycles. The molecule has 1 fully saturated rings. The summed E-state index contributed by atoms with van der Waals surface area (Å²) in [6.07, 6.45) is 6.99. The highest BCUT2D eigenvalue weighted by Gasteiger charge is 2.40. The summed E-state index contributed by atoms with van der Waals surface area (Å²) in [5.74, 6) is -0.347. The lowest BCUT2D eigenvalue weighted by Crippen LogP contribution is -2.33. The number of fused-ring (bicyclic) bond motifs is 1.